The van der Waals surface area contributed by atoms with Crippen LogP contribution < -0.4 is 0 Å². The second-order valence-electron chi connectivity index (χ2n) is 11.6. The Labute approximate surface area is 250 Å². The second-order valence-corrected chi connectivity index (χ2v) is 11.6. The van der Waals surface area contributed by atoms with E-state index in [1.165, 1.54) is 32.5 Å². The van der Waals surface area contributed by atoms with Crippen LogP contribution in [0.4, 0.5) is 0 Å². The summed E-state index contributed by atoms with van der Waals surface area (Å²) in [5.41, 5.74) is 1.06. The summed E-state index contributed by atoms with van der Waals surface area (Å²) in [5, 5.41) is 4.30. The number of hydrogen-bond donors (Lipinski definition) is 0. The van der Waals surface area contributed by atoms with Crippen molar-refractivity contribution in [2.75, 3.05) is 52.4 Å². The number of hydrogen-bond acceptors (Lipinski definition) is 3. The predicted octanol–water partition coefficient (Wildman–Crippen LogP) is 5.40. The van der Waals surface area contributed by atoms with E-state index < -0.39 is 0 Å². The van der Waals surface area contributed by atoms with E-state index >= 15 is 0 Å². The second kappa shape index (κ2) is 18.8. The van der Waals surface area contributed by atoms with Gasteiger partial charge in [-0.3, -0.25) is 6.08 Å². The smallest absolute Gasteiger partial charge is 0.0126 e. The van der Waals surface area contributed by atoms with Gasteiger partial charge in [-0.05, 0) is 102 Å². The topological polar surface area (TPSA) is 23.8 Å². The minimum atomic E-state index is 0. The maximum Gasteiger partial charge on any atom is 0.0126 e. The van der Waals surface area contributed by atoms with Gasteiger partial charge >= 0.3 is 0 Å². The van der Waals surface area contributed by atoms with Gasteiger partial charge in [0.15, 0.2) is 0 Å². The first-order chi connectivity index (χ1) is 13.8. The summed E-state index contributed by atoms with van der Waals surface area (Å²) < 4.78 is 0. The van der Waals surface area contributed by atoms with Crippen LogP contribution in [-0.2, 0) is 63.2 Å². The summed E-state index contributed by atoms with van der Waals surface area (Å²) >= 11 is 0. The molecule has 0 spiro atoms. The molecule has 7 heteroatoms. The molecule has 3 aliphatic heterocycles. The van der Waals surface area contributed by atoms with Gasteiger partial charge in [-0.1, -0.05) is 0 Å². The summed E-state index contributed by atoms with van der Waals surface area (Å²) in [7, 11) is 0. The summed E-state index contributed by atoms with van der Waals surface area (Å²) in [5.74, 6) is 0. The Bertz CT molecular complexity index is 453. The van der Waals surface area contributed by atoms with E-state index in [2.05, 4.69) is 101 Å². The molecule has 3 aliphatic rings. The van der Waals surface area contributed by atoms with Crippen LogP contribution in [0, 0.1) is 12.5 Å². The third-order valence-corrected chi connectivity index (χ3v) is 6.09. The van der Waals surface area contributed by atoms with Crippen LogP contribution in [-0.4, -0.2) is 83.7 Å². The molecule has 2 saturated heterocycles. The molecule has 2 fully saturated rings. The summed E-state index contributed by atoms with van der Waals surface area (Å²) in [6, 6.07) is 0. The molecule has 196 valence electrons. The summed E-state index contributed by atoms with van der Waals surface area (Å²) in [6.45, 7) is 29.5. The van der Waals surface area contributed by atoms with Crippen LogP contribution >= 0.6 is 0 Å². The average Bonchev–Trinajstić information content (AvgIpc) is 2.69. The maximum atomic E-state index is 4.30. The van der Waals surface area contributed by atoms with E-state index in [1.807, 2.05) is 0 Å². The van der Waals surface area contributed by atoms with Crippen LogP contribution in [0.2, 0.25) is 0 Å². The number of piperidine rings is 1. The molecule has 0 N–H and O–H groups in total. The summed E-state index contributed by atoms with van der Waals surface area (Å²) in [6.07, 6.45) is 11.4. The quantitative estimate of drug-likeness (QED) is 0.305. The zero-order valence-electron chi connectivity index (χ0n) is 22.9. The fourth-order valence-electron chi connectivity index (χ4n) is 3.88. The molecule has 33 heavy (non-hydrogen) atoms. The van der Waals surface area contributed by atoms with E-state index in [4.69, 9.17) is 0 Å². The van der Waals surface area contributed by atoms with E-state index in [-0.39, 0.29) is 63.2 Å². The van der Waals surface area contributed by atoms with Crippen molar-refractivity contribution in [2.45, 2.75) is 98.2 Å². The van der Waals surface area contributed by atoms with Gasteiger partial charge in [0.1, 0.15) is 0 Å². The van der Waals surface area contributed by atoms with E-state index in [0.717, 1.165) is 39.1 Å². The van der Waals surface area contributed by atoms with Gasteiger partial charge in [0, 0.05) is 79.8 Å². The molecular weight excluding hydrogens is 920 g/mol. The molecule has 0 amide bonds. The van der Waals surface area contributed by atoms with E-state index in [9.17, 15) is 0 Å². The van der Waals surface area contributed by atoms with Gasteiger partial charge in [0.25, 0.3) is 0 Å². The van der Waals surface area contributed by atoms with Gasteiger partial charge in [0.05, 0.1) is 0 Å². The van der Waals surface area contributed by atoms with Gasteiger partial charge in [0.2, 0.25) is 0 Å². The molecule has 0 aliphatic carbocycles. The van der Waals surface area contributed by atoms with Gasteiger partial charge in [-0.2, -0.15) is 19.3 Å². The molecular formula is C26H51N4W3-3. The van der Waals surface area contributed by atoms with Crippen LogP contribution in [0.3, 0.4) is 0 Å². The maximum absolute atomic E-state index is 4.30. The van der Waals surface area contributed by atoms with E-state index in [1.54, 1.807) is 0 Å². The number of rotatable bonds is 0. The summed E-state index contributed by atoms with van der Waals surface area (Å²) in [4.78, 5) is 7.50. The molecule has 4 nitrogen and oxygen atoms in total. The molecule has 3 heterocycles. The molecule has 0 atom stereocenters. The largest absolute Gasteiger partial charge is 0.660 e. The molecule has 0 bridgehead atoms. The molecule has 0 aromatic heterocycles. The van der Waals surface area contributed by atoms with Crippen LogP contribution in [0.25, 0.3) is 5.32 Å². The standard InChI is InChI=1S/C9H18N.C9H16N.C8H17N2.3W/c2*1-9(2,3)10-7-5-4-6-8-10;1-8(2,3)10-6-4-9-5-7-10;;;/h4H,5-8H2,1-3H3;5H,6-8H2,1-3H3;4-7H2,1-3H3;;;/q3*-1;;;. The van der Waals surface area contributed by atoms with Crippen LogP contribution in [0.1, 0.15) is 81.6 Å². The van der Waals surface area contributed by atoms with Crippen molar-refractivity contribution in [3.8, 4) is 0 Å². The van der Waals surface area contributed by atoms with Crippen molar-refractivity contribution in [1.82, 2.24) is 14.7 Å². The van der Waals surface area contributed by atoms with Gasteiger partial charge in [-0.25, -0.2) is 0 Å². The predicted molar refractivity (Wildman–Crippen MR) is 133 cm³/mol. The minimum Gasteiger partial charge on any atom is -0.660 e. The first-order valence-corrected chi connectivity index (χ1v) is 12.1. The fourth-order valence-corrected chi connectivity index (χ4v) is 3.88. The molecule has 0 saturated carbocycles. The Morgan fingerprint density at radius 3 is 1.33 bits per heavy atom. The average molecular weight is 971 g/mol. The molecule has 0 unspecified atom stereocenters. The molecule has 0 aromatic rings. The molecule has 0 radical (unpaired) electrons. The Morgan fingerprint density at radius 2 is 1.06 bits per heavy atom. The van der Waals surface area contributed by atoms with Crippen molar-refractivity contribution < 1.29 is 63.2 Å². The normalized spacial score (nSPS) is 20.5. The number of piperazine rings is 1. The van der Waals surface area contributed by atoms with Crippen molar-refractivity contribution in [2.24, 2.45) is 0 Å². The first-order valence-electron chi connectivity index (χ1n) is 12.1. The SMILES string of the molecule is CC(C)(C)N1CC=[C-]CC1.CC(C)(C)N1CC[CH-]CC1.CC(C)(C)N1CC[N-]CC1.[W].[W].[W]. The monoisotopic (exact) mass is 971 g/mol. The number of likely N-dealkylation sites (tertiary alicyclic amines) is 1. The van der Waals surface area contributed by atoms with Crippen molar-refractivity contribution in [3.05, 3.63) is 23.9 Å². The van der Waals surface area contributed by atoms with E-state index in [0.29, 0.717) is 16.6 Å². The zero-order valence-corrected chi connectivity index (χ0v) is 31.7. The third-order valence-electron chi connectivity index (χ3n) is 6.09. The Kier molecular flexibility index (Phi) is 22.3. The minimum absolute atomic E-state index is 0. The van der Waals surface area contributed by atoms with Crippen molar-refractivity contribution >= 4 is 0 Å². The van der Waals surface area contributed by atoms with Gasteiger partial charge < -0.3 is 32.5 Å². The molecule has 3 rings (SSSR count). The van der Waals surface area contributed by atoms with Crippen molar-refractivity contribution in [3.63, 3.8) is 0 Å². The van der Waals surface area contributed by atoms with Crippen molar-refractivity contribution in [1.29, 1.82) is 0 Å². The Hall–Kier alpha value is 1.64. The van der Waals surface area contributed by atoms with Crippen LogP contribution in [0.5, 0.6) is 0 Å². The fraction of sp³-hybridized carbons (Fsp3) is 0.885. The van der Waals surface area contributed by atoms with Gasteiger partial charge in [-0.15, -0.1) is 13.1 Å². The zero-order chi connectivity index (χ0) is 22.8. The molecule has 0 aromatic carbocycles. The Balaban J connectivity index is -0.000000391. The first kappa shape index (κ1) is 39.2. The third kappa shape index (κ3) is 17.7. The van der Waals surface area contributed by atoms with Crippen LogP contribution in [0.15, 0.2) is 6.08 Å². The number of nitrogens with zero attached hydrogens (tertiary/aromatic N) is 4. The Morgan fingerprint density at radius 1 is 0.636 bits per heavy atom.